The van der Waals surface area contributed by atoms with E-state index in [9.17, 15) is 0 Å². The summed E-state index contributed by atoms with van der Waals surface area (Å²) in [4.78, 5) is 0. The highest BCUT2D eigenvalue weighted by atomic mass is 127. The zero-order valence-corrected chi connectivity index (χ0v) is 9.13. The van der Waals surface area contributed by atoms with Gasteiger partial charge in [-0.3, -0.25) is 0 Å². The van der Waals surface area contributed by atoms with E-state index in [-0.39, 0.29) is 0 Å². The van der Waals surface area contributed by atoms with Crippen LogP contribution in [0.2, 0.25) is 5.02 Å². The summed E-state index contributed by atoms with van der Waals surface area (Å²) in [5.41, 5.74) is 0. The number of fused-ring (bicyclic) bond motifs is 1. The van der Waals surface area contributed by atoms with E-state index in [4.69, 9.17) is 11.6 Å². The van der Waals surface area contributed by atoms with Gasteiger partial charge in [0.2, 0.25) is 0 Å². The van der Waals surface area contributed by atoms with Crippen molar-refractivity contribution in [3.8, 4) is 0 Å². The van der Waals surface area contributed by atoms with Crippen molar-refractivity contribution in [1.29, 1.82) is 0 Å². The van der Waals surface area contributed by atoms with Gasteiger partial charge in [-0.05, 0) is 40.1 Å². The Bertz CT molecular complexity index is 423. The van der Waals surface area contributed by atoms with Crippen LogP contribution in [0.1, 0.15) is 0 Å². The van der Waals surface area contributed by atoms with Crippen LogP contribution in [0.5, 0.6) is 0 Å². The zero-order chi connectivity index (χ0) is 8.55. The Hall–Kier alpha value is -0.280. The minimum absolute atomic E-state index is 0.831. The Morgan fingerprint density at radius 2 is 1.83 bits per heavy atom. The van der Waals surface area contributed by atoms with Gasteiger partial charge in [0.25, 0.3) is 0 Å². The number of hydrogen-bond acceptors (Lipinski definition) is 0. The molecule has 2 rings (SSSR count). The first kappa shape index (κ1) is 8.32. The molecular formula is C10H6ClI. The molecule has 0 saturated heterocycles. The molecule has 0 bridgehead atoms. The fourth-order valence-electron chi connectivity index (χ4n) is 1.23. The van der Waals surface area contributed by atoms with Crippen molar-refractivity contribution in [2.24, 2.45) is 0 Å². The zero-order valence-electron chi connectivity index (χ0n) is 6.22. The van der Waals surface area contributed by atoms with E-state index >= 15 is 0 Å². The van der Waals surface area contributed by atoms with Crippen molar-refractivity contribution >= 4 is 45.0 Å². The van der Waals surface area contributed by atoms with Crippen molar-refractivity contribution in [3.05, 3.63) is 45.0 Å². The first-order valence-corrected chi connectivity index (χ1v) is 5.07. The summed E-state index contributed by atoms with van der Waals surface area (Å²) in [5, 5.41) is 3.16. The molecule has 0 fully saturated rings. The van der Waals surface area contributed by atoms with E-state index in [0.29, 0.717) is 0 Å². The number of hydrogen-bond donors (Lipinski definition) is 0. The molecule has 0 heterocycles. The smallest absolute Gasteiger partial charge is 0.0494 e. The molecule has 0 aliphatic heterocycles. The second-order valence-electron chi connectivity index (χ2n) is 2.61. The first-order chi connectivity index (χ1) is 5.77. The van der Waals surface area contributed by atoms with Crippen LogP contribution in [0.4, 0.5) is 0 Å². The summed E-state index contributed by atoms with van der Waals surface area (Å²) in [6.07, 6.45) is 0. The van der Waals surface area contributed by atoms with Crippen LogP contribution in [0.3, 0.4) is 0 Å². The third-order valence-electron chi connectivity index (χ3n) is 1.78. The molecule has 0 amide bonds. The highest BCUT2D eigenvalue weighted by Gasteiger charge is 1.98. The van der Waals surface area contributed by atoms with Crippen molar-refractivity contribution in [2.75, 3.05) is 0 Å². The molecule has 0 N–H and O–H groups in total. The molecule has 0 saturated carbocycles. The minimum atomic E-state index is 0.831. The highest BCUT2D eigenvalue weighted by Crippen LogP contribution is 2.25. The van der Waals surface area contributed by atoms with E-state index in [2.05, 4.69) is 34.7 Å². The molecule has 0 atom stereocenters. The third kappa shape index (κ3) is 1.43. The van der Waals surface area contributed by atoms with Gasteiger partial charge in [0.05, 0.1) is 0 Å². The lowest BCUT2D eigenvalue weighted by atomic mass is 10.1. The molecule has 0 aromatic heterocycles. The van der Waals surface area contributed by atoms with Crippen LogP contribution >= 0.6 is 34.2 Å². The van der Waals surface area contributed by atoms with Crippen LogP contribution in [0.15, 0.2) is 36.4 Å². The van der Waals surface area contributed by atoms with Crippen LogP contribution in [0, 0.1) is 3.57 Å². The first-order valence-electron chi connectivity index (χ1n) is 3.61. The molecule has 2 aromatic carbocycles. The largest absolute Gasteiger partial charge is 0.0836 e. The molecule has 0 aliphatic rings. The number of benzene rings is 2. The normalized spacial score (nSPS) is 10.5. The van der Waals surface area contributed by atoms with Crippen molar-refractivity contribution in [3.63, 3.8) is 0 Å². The average Bonchev–Trinajstić information content (AvgIpc) is 2.04. The summed E-state index contributed by atoms with van der Waals surface area (Å²) in [6.45, 7) is 0. The minimum Gasteiger partial charge on any atom is -0.0836 e. The predicted octanol–water partition coefficient (Wildman–Crippen LogP) is 4.10. The monoisotopic (exact) mass is 288 g/mol. The van der Waals surface area contributed by atoms with Gasteiger partial charge in [0, 0.05) is 14.0 Å². The van der Waals surface area contributed by atoms with Gasteiger partial charge in [-0.15, -0.1) is 0 Å². The van der Waals surface area contributed by atoms with Gasteiger partial charge in [0.1, 0.15) is 0 Å². The second kappa shape index (κ2) is 3.23. The summed E-state index contributed by atoms with van der Waals surface area (Å²) in [7, 11) is 0. The molecule has 12 heavy (non-hydrogen) atoms. The molecule has 0 nitrogen and oxygen atoms in total. The van der Waals surface area contributed by atoms with Gasteiger partial charge in [-0.1, -0.05) is 35.9 Å². The second-order valence-corrected chi connectivity index (χ2v) is 4.26. The lowest BCUT2D eigenvalue weighted by Crippen LogP contribution is -1.76. The van der Waals surface area contributed by atoms with Crippen molar-refractivity contribution in [2.45, 2.75) is 0 Å². The summed E-state index contributed by atoms with van der Waals surface area (Å²) in [6, 6.07) is 12.2. The van der Waals surface area contributed by atoms with E-state index in [1.54, 1.807) is 0 Å². The topological polar surface area (TPSA) is 0 Å². The third-order valence-corrected chi connectivity index (χ3v) is 2.71. The summed E-state index contributed by atoms with van der Waals surface area (Å²) in [5.74, 6) is 0. The molecule has 0 unspecified atom stereocenters. The SMILES string of the molecule is Clc1cc(I)cc2ccccc12. The van der Waals surface area contributed by atoms with Gasteiger partial charge >= 0.3 is 0 Å². The number of halogens is 2. The molecule has 0 aliphatic carbocycles. The predicted molar refractivity (Wildman–Crippen MR) is 61.7 cm³/mol. The maximum Gasteiger partial charge on any atom is 0.0494 e. The van der Waals surface area contributed by atoms with E-state index in [0.717, 1.165) is 10.4 Å². The van der Waals surface area contributed by atoms with E-state index < -0.39 is 0 Å². The molecule has 0 radical (unpaired) electrons. The van der Waals surface area contributed by atoms with Crippen LogP contribution in [-0.4, -0.2) is 0 Å². The fourth-order valence-corrected chi connectivity index (χ4v) is 2.35. The summed E-state index contributed by atoms with van der Waals surface area (Å²) < 4.78 is 1.18. The summed E-state index contributed by atoms with van der Waals surface area (Å²) >= 11 is 8.33. The number of rotatable bonds is 0. The van der Waals surface area contributed by atoms with E-state index in [1.165, 1.54) is 8.96 Å². The van der Waals surface area contributed by atoms with Crippen molar-refractivity contribution < 1.29 is 0 Å². The molecule has 2 heteroatoms. The molecule has 60 valence electrons. The highest BCUT2D eigenvalue weighted by molar-refractivity contribution is 14.1. The Kier molecular flexibility index (Phi) is 2.24. The average molecular weight is 289 g/mol. The molecule has 2 aromatic rings. The Balaban J connectivity index is 2.89. The maximum absolute atomic E-state index is 6.06. The van der Waals surface area contributed by atoms with Gasteiger partial charge in [0.15, 0.2) is 0 Å². The maximum atomic E-state index is 6.06. The Morgan fingerprint density at radius 3 is 2.67 bits per heavy atom. The Morgan fingerprint density at radius 1 is 1.08 bits per heavy atom. The van der Waals surface area contributed by atoms with E-state index in [1.807, 2.05) is 24.3 Å². The van der Waals surface area contributed by atoms with Gasteiger partial charge in [-0.2, -0.15) is 0 Å². The Labute approximate surface area is 89.7 Å². The molecule has 0 spiro atoms. The lowest BCUT2D eigenvalue weighted by molar-refractivity contribution is 1.70. The van der Waals surface area contributed by atoms with Crippen LogP contribution < -0.4 is 0 Å². The van der Waals surface area contributed by atoms with Gasteiger partial charge < -0.3 is 0 Å². The quantitative estimate of drug-likeness (QED) is 0.640. The lowest BCUT2D eigenvalue weighted by Gasteiger charge is -2.00. The molecular weight excluding hydrogens is 282 g/mol. The van der Waals surface area contributed by atoms with Crippen LogP contribution in [-0.2, 0) is 0 Å². The van der Waals surface area contributed by atoms with Gasteiger partial charge in [-0.25, -0.2) is 0 Å². The standard InChI is InChI=1S/C10H6ClI/c11-10-6-8(12)5-7-3-1-2-4-9(7)10/h1-6H. The fraction of sp³-hybridized carbons (Fsp3) is 0. The van der Waals surface area contributed by atoms with Crippen LogP contribution in [0.25, 0.3) is 10.8 Å². The van der Waals surface area contributed by atoms with Crippen molar-refractivity contribution in [1.82, 2.24) is 0 Å².